The summed E-state index contributed by atoms with van der Waals surface area (Å²) >= 11 is 0. The van der Waals surface area contributed by atoms with E-state index in [9.17, 15) is 4.79 Å². The Morgan fingerprint density at radius 3 is 2.77 bits per heavy atom. The Labute approximate surface area is 154 Å². The van der Waals surface area contributed by atoms with Gasteiger partial charge in [-0.3, -0.25) is 4.79 Å². The van der Waals surface area contributed by atoms with Crippen molar-refractivity contribution < 1.29 is 14.1 Å². The van der Waals surface area contributed by atoms with E-state index in [2.05, 4.69) is 43.0 Å². The predicted molar refractivity (Wildman–Crippen MR) is 98.8 cm³/mol. The monoisotopic (exact) mass is 357 g/mol. The molecule has 1 aliphatic rings. The van der Waals surface area contributed by atoms with Crippen LogP contribution in [0, 0.1) is 0 Å². The summed E-state index contributed by atoms with van der Waals surface area (Å²) in [7, 11) is 0. The van der Waals surface area contributed by atoms with Gasteiger partial charge in [-0.1, -0.05) is 50.2 Å². The normalized spacial score (nSPS) is 17.7. The summed E-state index contributed by atoms with van der Waals surface area (Å²) in [6.45, 7) is 8.35. The van der Waals surface area contributed by atoms with Crippen molar-refractivity contribution in [3.05, 3.63) is 35.7 Å². The Bertz CT molecular complexity index is 724. The number of aromatic nitrogens is 2. The minimum Gasteiger partial charge on any atom is -0.375 e. The Kier molecular flexibility index (Phi) is 6.04. The van der Waals surface area contributed by atoms with Crippen molar-refractivity contribution in [2.45, 2.75) is 52.1 Å². The third-order valence-corrected chi connectivity index (χ3v) is 4.80. The molecule has 0 spiro atoms. The van der Waals surface area contributed by atoms with Crippen molar-refractivity contribution in [3.63, 3.8) is 0 Å². The first-order chi connectivity index (χ1) is 12.6. The van der Waals surface area contributed by atoms with Gasteiger partial charge in [0.25, 0.3) is 0 Å². The second-order valence-electron chi connectivity index (χ2n) is 7.03. The maximum absolute atomic E-state index is 12.4. The van der Waals surface area contributed by atoms with Crippen molar-refractivity contribution in [2.24, 2.45) is 0 Å². The Morgan fingerprint density at radius 2 is 2.08 bits per heavy atom. The Balaban J connectivity index is 1.56. The van der Waals surface area contributed by atoms with Crippen LogP contribution in [0.4, 0.5) is 0 Å². The average molecular weight is 357 g/mol. The highest BCUT2D eigenvalue weighted by Gasteiger charge is 2.23. The molecule has 2 aromatic rings. The molecule has 0 aliphatic carbocycles. The molecular formula is C20H27N3O3. The van der Waals surface area contributed by atoms with E-state index in [-0.39, 0.29) is 12.0 Å². The lowest BCUT2D eigenvalue weighted by Gasteiger charge is -2.32. The van der Waals surface area contributed by atoms with Gasteiger partial charge in [-0.2, -0.15) is 4.98 Å². The van der Waals surface area contributed by atoms with Crippen LogP contribution in [-0.2, 0) is 16.0 Å². The second-order valence-corrected chi connectivity index (χ2v) is 7.03. The fraction of sp³-hybridized carbons (Fsp3) is 0.550. The number of carbonyl (C=O) groups excluding carboxylic acids is 1. The van der Waals surface area contributed by atoms with Crippen LogP contribution in [0.5, 0.6) is 0 Å². The fourth-order valence-electron chi connectivity index (χ4n) is 3.06. The lowest BCUT2D eigenvalue weighted by atomic mass is 10.0. The molecule has 1 aromatic carbocycles. The van der Waals surface area contributed by atoms with Gasteiger partial charge in [0.05, 0.1) is 12.7 Å². The standard InChI is InChI=1S/C20H27N3O3/c1-4-17-13-23(11-12-25-17)19(24)10-9-18-21-20(22-26-18)16-7-5-15(6-8-16)14(2)3/h5-8,14,17H,4,9-13H2,1-3H3. The van der Waals surface area contributed by atoms with Crippen LogP contribution in [0.1, 0.15) is 51.0 Å². The van der Waals surface area contributed by atoms with Crippen molar-refractivity contribution in [1.82, 2.24) is 15.0 Å². The molecule has 1 fully saturated rings. The Morgan fingerprint density at radius 1 is 1.31 bits per heavy atom. The van der Waals surface area contributed by atoms with Crippen LogP contribution in [-0.4, -0.2) is 46.7 Å². The van der Waals surface area contributed by atoms with Crippen LogP contribution in [0.15, 0.2) is 28.8 Å². The van der Waals surface area contributed by atoms with Crippen LogP contribution < -0.4 is 0 Å². The molecule has 1 atom stereocenters. The lowest BCUT2D eigenvalue weighted by molar-refractivity contribution is -0.138. The molecule has 3 rings (SSSR count). The first-order valence-electron chi connectivity index (χ1n) is 9.39. The molecule has 26 heavy (non-hydrogen) atoms. The number of hydrogen-bond acceptors (Lipinski definition) is 5. The van der Waals surface area contributed by atoms with E-state index in [0.717, 1.165) is 12.0 Å². The van der Waals surface area contributed by atoms with Gasteiger partial charge in [0.15, 0.2) is 0 Å². The molecule has 1 unspecified atom stereocenters. The fourth-order valence-corrected chi connectivity index (χ4v) is 3.06. The molecule has 0 saturated carbocycles. The molecule has 6 nitrogen and oxygen atoms in total. The first kappa shape index (κ1) is 18.6. The molecule has 2 heterocycles. The number of hydrogen-bond donors (Lipinski definition) is 0. The van der Waals surface area contributed by atoms with Gasteiger partial charge in [0, 0.05) is 31.5 Å². The number of aryl methyl sites for hydroxylation is 1. The summed E-state index contributed by atoms with van der Waals surface area (Å²) < 4.78 is 10.9. The topological polar surface area (TPSA) is 68.5 Å². The van der Waals surface area contributed by atoms with Gasteiger partial charge in [0.1, 0.15) is 0 Å². The zero-order chi connectivity index (χ0) is 18.5. The maximum atomic E-state index is 12.4. The van der Waals surface area contributed by atoms with Gasteiger partial charge in [-0.15, -0.1) is 0 Å². The molecule has 1 aliphatic heterocycles. The molecule has 0 radical (unpaired) electrons. The average Bonchev–Trinajstić information content (AvgIpc) is 3.15. The van der Waals surface area contributed by atoms with Gasteiger partial charge in [0.2, 0.25) is 17.6 Å². The highest BCUT2D eigenvalue weighted by atomic mass is 16.5. The summed E-state index contributed by atoms with van der Waals surface area (Å²) in [5, 5.41) is 4.05. The third kappa shape index (κ3) is 4.49. The van der Waals surface area contributed by atoms with Gasteiger partial charge >= 0.3 is 0 Å². The van der Waals surface area contributed by atoms with Crippen molar-refractivity contribution in [3.8, 4) is 11.4 Å². The molecule has 1 saturated heterocycles. The maximum Gasteiger partial charge on any atom is 0.227 e. The minimum absolute atomic E-state index is 0.118. The second kappa shape index (κ2) is 8.45. The molecule has 0 bridgehead atoms. The molecule has 0 N–H and O–H groups in total. The molecule has 6 heteroatoms. The number of nitrogens with zero attached hydrogens (tertiary/aromatic N) is 3. The number of benzene rings is 1. The molecule has 140 valence electrons. The summed E-state index contributed by atoms with van der Waals surface area (Å²) in [5.41, 5.74) is 2.20. The zero-order valence-corrected chi connectivity index (χ0v) is 15.8. The smallest absolute Gasteiger partial charge is 0.227 e. The van der Waals surface area contributed by atoms with E-state index in [4.69, 9.17) is 9.26 Å². The summed E-state index contributed by atoms with van der Waals surface area (Å²) in [5.74, 6) is 1.68. The largest absolute Gasteiger partial charge is 0.375 e. The number of rotatable bonds is 6. The summed E-state index contributed by atoms with van der Waals surface area (Å²) in [6, 6.07) is 8.19. The number of ether oxygens (including phenoxy) is 1. The SMILES string of the molecule is CCC1CN(C(=O)CCc2nc(-c3ccc(C(C)C)cc3)no2)CCO1. The molecule has 1 aromatic heterocycles. The van der Waals surface area contributed by atoms with Crippen molar-refractivity contribution in [2.75, 3.05) is 19.7 Å². The van der Waals surface area contributed by atoms with E-state index in [0.29, 0.717) is 50.2 Å². The quantitative estimate of drug-likeness (QED) is 0.792. The predicted octanol–water partition coefficient (Wildman–Crippen LogP) is 3.43. The van der Waals surface area contributed by atoms with E-state index in [1.165, 1.54) is 5.56 Å². The van der Waals surface area contributed by atoms with E-state index in [1.54, 1.807) is 0 Å². The first-order valence-corrected chi connectivity index (χ1v) is 9.39. The van der Waals surface area contributed by atoms with E-state index in [1.807, 2.05) is 17.0 Å². The highest BCUT2D eigenvalue weighted by Crippen LogP contribution is 2.21. The van der Waals surface area contributed by atoms with E-state index < -0.39 is 0 Å². The van der Waals surface area contributed by atoms with E-state index >= 15 is 0 Å². The van der Waals surface area contributed by atoms with Crippen LogP contribution >= 0.6 is 0 Å². The summed E-state index contributed by atoms with van der Waals surface area (Å²) in [6.07, 6.45) is 1.91. The third-order valence-electron chi connectivity index (χ3n) is 4.80. The summed E-state index contributed by atoms with van der Waals surface area (Å²) in [4.78, 5) is 18.7. The molecule has 1 amide bonds. The van der Waals surface area contributed by atoms with Crippen molar-refractivity contribution >= 4 is 5.91 Å². The number of morpholine rings is 1. The van der Waals surface area contributed by atoms with Crippen LogP contribution in [0.2, 0.25) is 0 Å². The lowest BCUT2D eigenvalue weighted by Crippen LogP contribution is -2.45. The number of amides is 1. The minimum atomic E-state index is 0.118. The van der Waals surface area contributed by atoms with Gasteiger partial charge in [-0.25, -0.2) is 0 Å². The Hall–Kier alpha value is -2.21. The van der Waals surface area contributed by atoms with Crippen LogP contribution in [0.3, 0.4) is 0 Å². The zero-order valence-electron chi connectivity index (χ0n) is 15.8. The van der Waals surface area contributed by atoms with Gasteiger partial charge in [-0.05, 0) is 17.9 Å². The highest BCUT2D eigenvalue weighted by molar-refractivity contribution is 5.76. The molecular weight excluding hydrogens is 330 g/mol. The van der Waals surface area contributed by atoms with Crippen LogP contribution in [0.25, 0.3) is 11.4 Å². The number of carbonyl (C=O) groups is 1. The van der Waals surface area contributed by atoms with Crippen molar-refractivity contribution in [1.29, 1.82) is 0 Å². The van der Waals surface area contributed by atoms with Gasteiger partial charge < -0.3 is 14.2 Å².